The van der Waals surface area contributed by atoms with Crippen LogP contribution in [0.4, 0.5) is 0 Å². The molecule has 6 heteroatoms. The number of ether oxygens (including phenoxy) is 3. The van der Waals surface area contributed by atoms with Gasteiger partial charge in [0.15, 0.2) is 11.5 Å². The van der Waals surface area contributed by atoms with E-state index in [1.54, 1.807) is 6.07 Å². The highest BCUT2D eigenvalue weighted by atomic mass is 79.9. The molecule has 1 N–H and O–H groups in total. The number of aliphatic carboxylic acids is 1. The molecular formula is C16H21BrO5. The maximum absolute atomic E-state index is 12.1. The van der Waals surface area contributed by atoms with Gasteiger partial charge in [0, 0.05) is 5.56 Å². The Labute approximate surface area is 138 Å². The summed E-state index contributed by atoms with van der Waals surface area (Å²) in [6, 6.07) is 1.74. The van der Waals surface area contributed by atoms with Crippen LogP contribution in [0.25, 0.3) is 0 Å². The molecule has 0 aromatic heterocycles. The molecule has 0 spiro atoms. The largest absolute Gasteiger partial charge is 0.495 e. The molecule has 0 unspecified atom stereocenters. The van der Waals surface area contributed by atoms with E-state index in [0.29, 0.717) is 40.1 Å². The zero-order valence-electron chi connectivity index (χ0n) is 13.1. The van der Waals surface area contributed by atoms with Crippen LogP contribution in [0.15, 0.2) is 10.5 Å². The highest BCUT2D eigenvalue weighted by molar-refractivity contribution is 9.10. The van der Waals surface area contributed by atoms with Gasteiger partial charge in [0.25, 0.3) is 0 Å². The van der Waals surface area contributed by atoms with Crippen molar-refractivity contribution in [2.75, 3.05) is 21.3 Å². The second-order valence-electron chi connectivity index (χ2n) is 5.45. The molecule has 122 valence electrons. The Balaban J connectivity index is 2.71. The van der Waals surface area contributed by atoms with Crippen LogP contribution >= 0.6 is 15.9 Å². The van der Waals surface area contributed by atoms with Crippen molar-refractivity contribution in [2.45, 2.75) is 37.5 Å². The number of carboxylic acids is 1. The fourth-order valence-corrected chi connectivity index (χ4v) is 3.98. The van der Waals surface area contributed by atoms with Gasteiger partial charge in [0.1, 0.15) is 10.2 Å². The Morgan fingerprint density at radius 2 is 1.68 bits per heavy atom. The summed E-state index contributed by atoms with van der Waals surface area (Å²) in [4.78, 5) is 12.1. The van der Waals surface area contributed by atoms with Crippen molar-refractivity contribution in [3.8, 4) is 17.2 Å². The molecule has 1 aromatic carbocycles. The number of hydrogen-bond acceptors (Lipinski definition) is 4. The van der Waals surface area contributed by atoms with Crippen molar-refractivity contribution < 1.29 is 24.1 Å². The van der Waals surface area contributed by atoms with Crippen molar-refractivity contribution in [3.63, 3.8) is 0 Å². The van der Waals surface area contributed by atoms with E-state index in [0.717, 1.165) is 19.3 Å². The third-order valence-electron chi connectivity index (χ3n) is 4.40. The van der Waals surface area contributed by atoms with E-state index in [1.165, 1.54) is 21.3 Å². The van der Waals surface area contributed by atoms with E-state index in [4.69, 9.17) is 14.2 Å². The van der Waals surface area contributed by atoms with E-state index in [2.05, 4.69) is 15.9 Å². The smallest absolute Gasteiger partial charge is 0.314 e. The van der Waals surface area contributed by atoms with Crippen LogP contribution in [-0.2, 0) is 10.2 Å². The van der Waals surface area contributed by atoms with Crippen molar-refractivity contribution >= 4 is 21.9 Å². The standard InChI is InChI=1S/C16H21BrO5/c1-20-11-9-10(13(21-2)12(17)14(11)22-3)16(15(18)19)7-5-4-6-8-16/h9H,4-8H2,1-3H3,(H,18,19). The summed E-state index contributed by atoms with van der Waals surface area (Å²) < 4.78 is 16.8. The van der Waals surface area contributed by atoms with E-state index < -0.39 is 11.4 Å². The van der Waals surface area contributed by atoms with Crippen LogP contribution in [0.5, 0.6) is 17.2 Å². The molecule has 0 radical (unpaired) electrons. The summed E-state index contributed by atoms with van der Waals surface area (Å²) >= 11 is 3.46. The third-order valence-corrected chi connectivity index (χ3v) is 5.12. The van der Waals surface area contributed by atoms with Gasteiger partial charge in [-0.1, -0.05) is 19.3 Å². The minimum Gasteiger partial charge on any atom is -0.495 e. The van der Waals surface area contributed by atoms with E-state index in [9.17, 15) is 9.90 Å². The maximum Gasteiger partial charge on any atom is 0.314 e. The Kier molecular flexibility index (Phi) is 5.21. The van der Waals surface area contributed by atoms with Crippen molar-refractivity contribution in [1.29, 1.82) is 0 Å². The van der Waals surface area contributed by atoms with Gasteiger partial charge in [0.05, 0.1) is 26.7 Å². The molecule has 1 aromatic rings. The zero-order valence-corrected chi connectivity index (χ0v) is 14.7. The lowest BCUT2D eigenvalue weighted by Crippen LogP contribution is -2.38. The number of benzene rings is 1. The molecular weight excluding hydrogens is 352 g/mol. The lowest BCUT2D eigenvalue weighted by Gasteiger charge is -2.35. The van der Waals surface area contributed by atoms with Crippen molar-refractivity contribution in [3.05, 3.63) is 16.1 Å². The number of methoxy groups -OCH3 is 3. The molecule has 0 aliphatic heterocycles. The summed E-state index contributed by atoms with van der Waals surface area (Å²) in [6.07, 6.45) is 4.04. The minimum atomic E-state index is -0.939. The number of halogens is 1. The normalized spacial score (nSPS) is 16.9. The topological polar surface area (TPSA) is 65.0 Å². The lowest BCUT2D eigenvalue weighted by molar-refractivity contribution is -0.145. The zero-order chi connectivity index (χ0) is 16.3. The average Bonchev–Trinajstić information content (AvgIpc) is 2.54. The Bertz CT molecular complexity index is 564. The van der Waals surface area contributed by atoms with Gasteiger partial charge >= 0.3 is 5.97 Å². The van der Waals surface area contributed by atoms with E-state index >= 15 is 0 Å². The lowest BCUT2D eigenvalue weighted by atomic mass is 9.69. The van der Waals surface area contributed by atoms with Crippen molar-refractivity contribution in [2.24, 2.45) is 0 Å². The molecule has 0 atom stereocenters. The fourth-order valence-electron chi connectivity index (χ4n) is 3.24. The monoisotopic (exact) mass is 372 g/mol. The Morgan fingerprint density at radius 1 is 1.09 bits per heavy atom. The van der Waals surface area contributed by atoms with E-state index in [-0.39, 0.29) is 0 Å². The van der Waals surface area contributed by atoms with Gasteiger partial charge in [-0.15, -0.1) is 0 Å². The Morgan fingerprint density at radius 3 is 2.14 bits per heavy atom. The molecule has 1 aliphatic carbocycles. The quantitative estimate of drug-likeness (QED) is 0.852. The van der Waals surface area contributed by atoms with Crippen molar-refractivity contribution in [1.82, 2.24) is 0 Å². The first-order valence-corrected chi connectivity index (χ1v) is 8.03. The highest BCUT2D eigenvalue weighted by Crippen LogP contribution is 2.51. The van der Waals surface area contributed by atoms with Crippen LogP contribution in [0, 0.1) is 0 Å². The SMILES string of the molecule is COc1cc(C2(C(=O)O)CCCCC2)c(OC)c(Br)c1OC. The van der Waals surface area contributed by atoms with Crippen LogP contribution in [0.1, 0.15) is 37.7 Å². The second-order valence-corrected chi connectivity index (χ2v) is 6.25. The second kappa shape index (κ2) is 6.77. The minimum absolute atomic E-state index is 0.497. The first kappa shape index (κ1) is 16.9. The summed E-state index contributed by atoms with van der Waals surface area (Å²) in [5.41, 5.74) is -0.294. The van der Waals surface area contributed by atoms with Gasteiger partial charge < -0.3 is 19.3 Å². The number of carbonyl (C=O) groups is 1. The first-order valence-electron chi connectivity index (χ1n) is 7.24. The summed E-state index contributed by atoms with van der Waals surface area (Å²) in [7, 11) is 4.61. The summed E-state index contributed by atoms with van der Waals surface area (Å²) in [5, 5.41) is 9.90. The first-order chi connectivity index (χ1) is 10.5. The van der Waals surface area contributed by atoms with Gasteiger partial charge in [-0.05, 0) is 34.8 Å². The van der Waals surface area contributed by atoms with Gasteiger partial charge in [0.2, 0.25) is 0 Å². The van der Waals surface area contributed by atoms with Crippen LogP contribution in [-0.4, -0.2) is 32.4 Å². The molecule has 22 heavy (non-hydrogen) atoms. The summed E-state index contributed by atoms with van der Waals surface area (Å²) in [5.74, 6) is 0.683. The third kappa shape index (κ3) is 2.64. The van der Waals surface area contributed by atoms with Crippen LogP contribution < -0.4 is 14.2 Å². The molecule has 0 bridgehead atoms. The predicted octanol–water partition coefficient (Wildman–Crippen LogP) is 3.76. The molecule has 1 saturated carbocycles. The average molecular weight is 373 g/mol. The molecule has 5 nitrogen and oxygen atoms in total. The van der Waals surface area contributed by atoms with Crippen LogP contribution in [0.2, 0.25) is 0 Å². The van der Waals surface area contributed by atoms with E-state index in [1.807, 2.05) is 0 Å². The molecule has 2 rings (SSSR count). The molecule has 0 saturated heterocycles. The number of hydrogen-bond donors (Lipinski definition) is 1. The molecule has 1 fully saturated rings. The van der Waals surface area contributed by atoms with Gasteiger partial charge in [-0.3, -0.25) is 4.79 Å². The molecule has 0 amide bonds. The highest BCUT2D eigenvalue weighted by Gasteiger charge is 2.44. The number of rotatable bonds is 5. The maximum atomic E-state index is 12.1. The van der Waals surface area contributed by atoms with Gasteiger partial charge in [-0.25, -0.2) is 0 Å². The van der Waals surface area contributed by atoms with Gasteiger partial charge in [-0.2, -0.15) is 0 Å². The Hall–Kier alpha value is -1.43. The van der Waals surface area contributed by atoms with Crippen LogP contribution in [0.3, 0.4) is 0 Å². The number of carboxylic acid groups (broad SMARTS) is 1. The fraction of sp³-hybridized carbons (Fsp3) is 0.562. The molecule has 1 aliphatic rings. The molecule has 0 heterocycles. The summed E-state index contributed by atoms with van der Waals surface area (Å²) in [6.45, 7) is 0. The predicted molar refractivity (Wildman–Crippen MR) is 86.2 cm³/mol.